The van der Waals surface area contributed by atoms with Crippen molar-refractivity contribution in [1.82, 2.24) is 70.5 Å². The van der Waals surface area contributed by atoms with E-state index in [0.717, 1.165) is 120 Å². The van der Waals surface area contributed by atoms with Gasteiger partial charge in [-0.05, 0) is 240 Å². The van der Waals surface area contributed by atoms with Crippen molar-refractivity contribution in [1.29, 1.82) is 0 Å². The van der Waals surface area contributed by atoms with Gasteiger partial charge in [0.05, 0.1) is 48.0 Å². The van der Waals surface area contributed by atoms with Gasteiger partial charge in [0.1, 0.15) is 11.9 Å². The third-order valence-corrected chi connectivity index (χ3v) is 24.0. The largest absolute Gasteiger partial charge is 0.473 e. The lowest BCUT2D eigenvalue weighted by atomic mass is 9.72. The van der Waals surface area contributed by atoms with Crippen molar-refractivity contribution in [2.24, 2.45) is 48.8 Å². The number of piperidine rings is 1. The van der Waals surface area contributed by atoms with Crippen LogP contribution in [0.4, 0.5) is 0 Å². The number of likely N-dealkylation sites (tertiary alicyclic amines) is 1. The first-order valence-corrected chi connectivity index (χ1v) is 43.9. The number of ether oxygens (including phenoxy) is 3. The molecule has 0 bridgehead atoms. The molecule has 7 aromatic rings. The molecule has 650 valence electrons. The number of aromatic amines is 5. The highest BCUT2D eigenvalue weighted by Gasteiger charge is 2.40. The van der Waals surface area contributed by atoms with Gasteiger partial charge in [-0.15, -0.1) is 5.10 Å². The van der Waals surface area contributed by atoms with E-state index in [9.17, 15) is 0 Å². The molecule has 4 atom stereocenters. The second-order valence-electron chi connectivity index (χ2n) is 43.5. The molecule has 13 heterocycles. The van der Waals surface area contributed by atoms with E-state index in [1.807, 2.05) is 12.5 Å². The number of aryl methyl sites for hydroxylation is 2. The second-order valence-corrected chi connectivity index (χ2v) is 43.5. The van der Waals surface area contributed by atoms with Gasteiger partial charge in [-0.25, -0.2) is 15.4 Å². The summed E-state index contributed by atoms with van der Waals surface area (Å²) in [5, 5.41) is 20.9. The van der Waals surface area contributed by atoms with Crippen LogP contribution in [-0.4, -0.2) is 146 Å². The zero-order chi connectivity index (χ0) is 86.7. The van der Waals surface area contributed by atoms with Crippen molar-refractivity contribution in [3.63, 3.8) is 0 Å². The average molecular weight is 1620 g/mol. The van der Waals surface area contributed by atoms with Crippen LogP contribution < -0.4 is 16.1 Å². The van der Waals surface area contributed by atoms with Gasteiger partial charge >= 0.3 is 0 Å². The van der Waals surface area contributed by atoms with Crippen LogP contribution in [0.1, 0.15) is 283 Å². The fraction of sp³-hybridized carbons (Fsp3) is 0.622. The average Bonchev–Trinajstić information content (AvgIpc) is 1.63. The normalized spacial score (nSPS) is 20.8. The van der Waals surface area contributed by atoms with Gasteiger partial charge in [0, 0.05) is 163 Å². The van der Waals surface area contributed by atoms with Crippen LogP contribution in [0.2, 0.25) is 0 Å². The topological polar surface area (TPSA) is 219 Å². The van der Waals surface area contributed by atoms with Crippen LogP contribution in [0.15, 0.2) is 144 Å². The summed E-state index contributed by atoms with van der Waals surface area (Å²) in [6, 6.07) is 20.1. The molecule has 8 aliphatic heterocycles. The number of para-hydroxylation sites is 1. The van der Waals surface area contributed by atoms with Crippen molar-refractivity contribution < 1.29 is 14.2 Å². The van der Waals surface area contributed by atoms with Crippen molar-refractivity contribution in [3.8, 4) is 0 Å². The van der Waals surface area contributed by atoms with Gasteiger partial charge in [0.15, 0.2) is 11.8 Å². The number of benzene rings is 2. The van der Waals surface area contributed by atoms with Crippen LogP contribution in [0.25, 0.3) is 21.8 Å². The van der Waals surface area contributed by atoms with Crippen LogP contribution in [-0.2, 0) is 71.2 Å². The Labute approximate surface area is 711 Å². The molecule has 0 saturated carbocycles. The van der Waals surface area contributed by atoms with E-state index in [0.29, 0.717) is 45.7 Å². The minimum absolute atomic E-state index is 0.201. The Hall–Kier alpha value is -8.17. The van der Waals surface area contributed by atoms with E-state index >= 15 is 0 Å². The van der Waals surface area contributed by atoms with Gasteiger partial charge in [-0.2, -0.15) is 10.2 Å². The summed E-state index contributed by atoms with van der Waals surface area (Å²) in [5.74, 6) is 5.38. The molecule has 20 heteroatoms. The summed E-state index contributed by atoms with van der Waals surface area (Å²) in [6.07, 6.45) is 24.7. The first-order valence-electron chi connectivity index (χ1n) is 43.9. The summed E-state index contributed by atoms with van der Waals surface area (Å²) in [7, 11) is 0. The van der Waals surface area contributed by atoms with Crippen LogP contribution >= 0.6 is 0 Å². The number of hydrazone groups is 1. The van der Waals surface area contributed by atoms with Gasteiger partial charge in [0.25, 0.3) is 0 Å². The summed E-state index contributed by atoms with van der Waals surface area (Å²) in [5.41, 5.74) is 22.7. The zero-order valence-electron chi connectivity index (χ0n) is 78.1. The summed E-state index contributed by atoms with van der Waals surface area (Å²) >= 11 is 0. The molecule has 5 aromatic heterocycles. The highest BCUT2D eigenvalue weighted by molar-refractivity contribution is 6.07. The van der Waals surface area contributed by atoms with Crippen molar-refractivity contribution >= 4 is 39.6 Å². The molecule has 8 N–H and O–H groups in total. The van der Waals surface area contributed by atoms with Crippen LogP contribution in [0.3, 0.4) is 0 Å². The standard InChI is InChI=1S/C16H17N.C12H19N.C11H20N2O.C11H18N2O.2C11H18N2.C10H17N3.C8H14N2O.C8H14N2/c1-16(2,3)11-8-9-15-13(10-11)12-6-4-5-7-14(12)17-15;1-12(2,3)10-4-5-11-9(8-10)6-7-13-11;2*1-8-12-9-5-6-13(11(2,3)4)7-10(9)14-8;1-11(2,3)13-7-5-10-9(8-13)4-6-12-10;1-11(2,3)8-4-5-9-10(6-8)13-7-12-9;1-10(2,3)13-5-4-8-9(6-13)12-7-11-8;1-6-9-10-7(11-6)5-8(2,3)4;1-8(2,3)6-7-4-5-9-10-7/h4-10,17H,1-3H3;6-7,10,13H,4-5,8H2,1-3H3;9-10,12H,1,5-7H2,2-4H3;12H,1,5-7H2,2-4H3;4,6,12H,5,7-8H2,1-3H3;7-8H,4-6H2,1-3H3,(H,12,13);7H,4-6H2,1-3H3,(H,11,12);9H,1,5H2,2-4H3;5H,4,6H2,1-3H3. The molecule has 118 heavy (non-hydrogen) atoms. The Bertz CT molecular complexity index is 4310. The maximum atomic E-state index is 5.64. The fourth-order valence-corrected chi connectivity index (χ4v) is 16.4. The zero-order valence-corrected chi connectivity index (χ0v) is 78.1. The molecule has 20 nitrogen and oxygen atoms in total. The molecular formula is C98H155N17O3. The summed E-state index contributed by atoms with van der Waals surface area (Å²) < 4.78 is 16.3. The Kier molecular flexibility index (Phi) is 30.7. The molecule has 17 rings (SSSR count). The summed E-state index contributed by atoms with van der Waals surface area (Å²) in [6.45, 7) is 80.7. The molecule has 2 aromatic carbocycles. The Balaban J connectivity index is 0.000000152. The molecule has 0 radical (unpaired) electrons. The van der Waals surface area contributed by atoms with Crippen molar-refractivity contribution in [3.05, 3.63) is 179 Å². The number of aromatic nitrogens is 7. The van der Waals surface area contributed by atoms with E-state index in [1.54, 1.807) is 11.9 Å². The van der Waals surface area contributed by atoms with E-state index in [2.05, 4.69) is 360 Å². The van der Waals surface area contributed by atoms with E-state index in [1.165, 1.54) is 124 Å². The number of nitrogens with one attached hydrogen (secondary N) is 8. The lowest BCUT2D eigenvalue weighted by Crippen LogP contribution is -2.54. The van der Waals surface area contributed by atoms with E-state index in [-0.39, 0.29) is 27.4 Å². The van der Waals surface area contributed by atoms with Gasteiger partial charge in [-0.1, -0.05) is 128 Å². The molecule has 2 aliphatic carbocycles. The monoisotopic (exact) mass is 1620 g/mol. The number of imidazole rings is 2. The SMILES string of the molecule is C=C1NC2=C(CN(C(C)(C)C)CC2)O1.C=C1NC2CCN(C(C)(C)C)CC2O1.C=C1NN=C(CC(C)(C)C)O1.CC(C)(C)C1CCc2[nH]ccc2C1.CC(C)(C)C1CCc2nc[nH]c2C1.CC(C)(C)CC1=NN=CC1.CC(C)(C)N1CCc2[nH]ccc2C1.CC(C)(C)N1CCc2nc[nH]c2C1.CC(C)(C)c1ccc2[nH]c3ccccc3c2c1. The lowest BCUT2D eigenvalue weighted by molar-refractivity contribution is 0.0219. The number of nitrogens with zero attached hydrogens (tertiary/aromatic N) is 9. The number of fused-ring (bicyclic) bond motifs is 8. The molecule has 10 aliphatic rings. The lowest BCUT2D eigenvalue weighted by Gasteiger charge is -2.41. The Morgan fingerprint density at radius 2 is 1.06 bits per heavy atom. The third kappa shape index (κ3) is 28.0. The first-order chi connectivity index (χ1) is 54.8. The molecular weight excluding hydrogens is 1460 g/mol. The number of hydrogen-bond donors (Lipinski definition) is 8. The van der Waals surface area contributed by atoms with Crippen molar-refractivity contribution in [2.75, 3.05) is 39.3 Å². The maximum Gasteiger partial charge on any atom is 0.214 e. The molecule has 2 saturated heterocycles. The minimum Gasteiger partial charge on any atom is -0.473 e. The van der Waals surface area contributed by atoms with Gasteiger partial charge in [0.2, 0.25) is 11.8 Å². The highest BCUT2D eigenvalue weighted by Crippen LogP contribution is 2.39. The molecule has 0 amide bonds. The number of rotatable bonds is 2. The molecule has 4 unspecified atom stereocenters. The predicted octanol–water partition coefficient (Wildman–Crippen LogP) is 21.3. The van der Waals surface area contributed by atoms with Crippen LogP contribution in [0, 0.1) is 33.5 Å². The second kappa shape index (κ2) is 38.7. The fourth-order valence-electron chi connectivity index (χ4n) is 16.4. The number of hydrogen-bond acceptors (Lipinski definition) is 15. The Morgan fingerprint density at radius 3 is 1.66 bits per heavy atom. The van der Waals surface area contributed by atoms with Gasteiger partial charge in [-0.3, -0.25) is 19.6 Å². The summed E-state index contributed by atoms with van der Waals surface area (Å²) in [4.78, 5) is 35.1. The van der Waals surface area contributed by atoms with E-state index in [4.69, 9.17) is 14.2 Å². The third-order valence-electron chi connectivity index (χ3n) is 24.0. The molecule has 0 spiro atoms. The minimum atomic E-state index is 0.201. The quantitative estimate of drug-likeness (QED) is 0.0811. The maximum absolute atomic E-state index is 5.64. The molecule has 2 fully saturated rings. The van der Waals surface area contributed by atoms with Crippen LogP contribution in [0.5, 0.6) is 0 Å². The van der Waals surface area contributed by atoms with Gasteiger partial charge < -0.3 is 49.8 Å². The highest BCUT2D eigenvalue weighted by atomic mass is 16.5. The Morgan fingerprint density at radius 1 is 0.492 bits per heavy atom. The first kappa shape index (κ1) is 93.7. The van der Waals surface area contributed by atoms with Crippen molar-refractivity contribution in [2.45, 2.75) is 323 Å². The van der Waals surface area contributed by atoms with E-state index < -0.39 is 0 Å². The number of H-pyrrole nitrogens is 5. The predicted molar refractivity (Wildman–Crippen MR) is 494 cm³/mol. The smallest absolute Gasteiger partial charge is 0.214 e.